The number of aryl methyl sites for hydroxylation is 1. The van der Waals surface area contributed by atoms with Gasteiger partial charge >= 0.3 is 0 Å². The first-order valence-electron chi connectivity index (χ1n) is 4.17. The molecule has 2 aromatic rings. The van der Waals surface area contributed by atoms with Gasteiger partial charge in [0, 0.05) is 18.5 Å². The molecule has 0 aliphatic rings. The number of alkyl halides is 1. The lowest BCUT2D eigenvalue weighted by Gasteiger charge is -1.87. The second-order valence-electron chi connectivity index (χ2n) is 2.66. The lowest BCUT2D eigenvalue weighted by Crippen LogP contribution is -1.84. The second kappa shape index (κ2) is 4.82. The van der Waals surface area contributed by atoms with Gasteiger partial charge in [-0.05, 0) is 6.42 Å². The van der Waals surface area contributed by atoms with Gasteiger partial charge in [0.2, 0.25) is 0 Å². The molecule has 0 bridgehead atoms. The maximum atomic E-state index is 5.61. The number of hydrogen-bond donors (Lipinski definition) is 0. The summed E-state index contributed by atoms with van der Waals surface area (Å²) in [6.45, 7) is 0. The van der Waals surface area contributed by atoms with Crippen LogP contribution in [0.3, 0.4) is 0 Å². The summed E-state index contributed by atoms with van der Waals surface area (Å²) in [6.07, 6.45) is 3.69. The van der Waals surface area contributed by atoms with Crippen LogP contribution in [0.15, 0.2) is 11.7 Å². The third-order valence-corrected chi connectivity index (χ3v) is 3.83. The van der Waals surface area contributed by atoms with E-state index in [1.54, 1.807) is 28.2 Å². The summed E-state index contributed by atoms with van der Waals surface area (Å²) in [4.78, 5) is 5.09. The van der Waals surface area contributed by atoms with Crippen LogP contribution in [0.25, 0.3) is 9.88 Å². The van der Waals surface area contributed by atoms with Crippen molar-refractivity contribution in [2.75, 3.05) is 5.88 Å². The number of halogens is 1. The average molecular weight is 246 g/mol. The lowest BCUT2D eigenvalue weighted by molar-refractivity contribution is 0.884. The zero-order valence-electron chi connectivity index (χ0n) is 7.31. The Morgan fingerprint density at radius 1 is 1.36 bits per heavy atom. The Morgan fingerprint density at radius 2 is 2.29 bits per heavy atom. The van der Waals surface area contributed by atoms with Gasteiger partial charge in [0.1, 0.15) is 5.01 Å². The number of nitrogens with zero attached hydrogens (tertiary/aromatic N) is 3. The zero-order chi connectivity index (χ0) is 9.80. The van der Waals surface area contributed by atoms with E-state index in [4.69, 9.17) is 11.6 Å². The van der Waals surface area contributed by atoms with E-state index in [2.05, 4.69) is 15.2 Å². The Bertz CT molecular complexity index is 385. The quantitative estimate of drug-likeness (QED) is 0.778. The van der Waals surface area contributed by atoms with Crippen molar-refractivity contribution < 1.29 is 0 Å². The summed E-state index contributed by atoms with van der Waals surface area (Å²) in [7, 11) is 0. The molecule has 0 spiro atoms. The topological polar surface area (TPSA) is 38.7 Å². The molecule has 2 rings (SSSR count). The molecule has 0 aliphatic heterocycles. The standard InChI is InChI=1S/C8H8ClN3S2/c9-3-1-2-7-11-12-8(14-7)6-4-10-5-13-6/h4-5H,1-3H2. The second-order valence-corrected chi connectivity index (χ2v) is 4.99. The molecule has 0 saturated carbocycles. The molecule has 0 unspecified atom stereocenters. The Hall–Kier alpha value is -0.520. The number of rotatable bonds is 4. The van der Waals surface area contributed by atoms with Crippen LogP contribution >= 0.6 is 34.3 Å². The summed E-state index contributed by atoms with van der Waals surface area (Å²) in [5.41, 5.74) is 1.80. The highest BCUT2D eigenvalue weighted by Gasteiger charge is 2.07. The van der Waals surface area contributed by atoms with Crippen LogP contribution in [-0.2, 0) is 6.42 Å². The Labute approximate surface area is 94.8 Å². The fraction of sp³-hybridized carbons (Fsp3) is 0.375. The van der Waals surface area contributed by atoms with Crippen molar-refractivity contribution in [3.8, 4) is 9.88 Å². The molecule has 74 valence electrons. The van der Waals surface area contributed by atoms with Crippen molar-refractivity contribution in [3.63, 3.8) is 0 Å². The van der Waals surface area contributed by atoms with Crippen LogP contribution in [-0.4, -0.2) is 21.1 Å². The van der Waals surface area contributed by atoms with Crippen molar-refractivity contribution >= 4 is 34.3 Å². The summed E-state index contributed by atoms with van der Waals surface area (Å²) in [5, 5.41) is 10.2. The van der Waals surface area contributed by atoms with E-state index < -0.39 is 0 Å². The van der Waals surface area contributed by atoms with Gasteiger partial charge in [0.05, 0.1) is 10.4 Å². The van der Waals surface area contributed by atoms with Crippen LogP contribution in [0.1, 0.15) is 11.4 Å². The average Bonchev–Trinajstić information content (AvgIpc) is 2.85. The third kappa shape index (κ3) is 2.29. The van der Waals surface area contributed by atoms with Gasteiger partial charge in [-0.25, -0.2) is 0 Å². The number of thiazole rings is 1. The Kier molecular flexibility index (Phi) is 3.44. The monoisotopic (exact) mass is 245 g/mol. The minimum atomic E-state index is 0.676. The largest absolute Gasteiger partial charge is 0.252 e. The lowest BCUT2D eigenvalue weighted by atomic mass is 10.4. The first kappa shape index (κ1) is 10.0. The van der Waals surface area contributed by atoms with E-state index >= 15 is 0 Å². The molecule has 0 N–H and O–H groups in total. The van der Waals surface area contributed by atoms with Crippen molar-refractivity contribution in [2.45, 2.75) is 12.8 Å². The van der Waals surface area contributed by atoms with Crippen LogP contribution in [0.4, 0.5) is 0 Å². The number of aromatic nitrogens is 3. The molecule has 2 heterocycles. The molecule has 0 radical (unpaired) electrons. The van der Waals surface area contributed by atoms with Crippen molar-refractivity contribution in [3.05, 3.63) is 16.7 Å². The van der Waals surface area contributed by atoms with Gasteiger partial charge < -0.3 is 0 Å². The molecule has 0 amide bonds. The number of hydrogen-bond acceptors (Lipinski definition) is 5. The summed E-state index contributed by atoms with van der Waals surface area (Å²) in [5.74, 6) is 0.676. The highest BCUT2D eigenvalue weighted by atomic mass is 35.5. The van der Waals surface area contributed by atoms with Crippen LogP contribution in [0.2, 0.25) is 0 Å². The van der Waals surface area contributed by atoms with Gasteiger partial charge in [-0.15, -0.1) is 33.1 Å². The van der Waals surface area contributed by atoms with E-state index in [1.165, 1.54) is 0 Å². The minimum absolute atomic E-state index is 0.676. The maximum absolute atomic E-state index is 5.61. The van der Waals surface area contributed by atoms with Crippen LogP contribution < -0.4 is 0 Å². The molecule has 0 aliphatic carbocycles. The fourth-order valence-electron chi connectivity index (χ4n) is 0.994. The normalized spacial score (nSPS) is 10.6. The predicted octanol–water partition coefficient (Wildman–Crippen LogP) is 2.83. The molecule has 0 atom stereocenters. The molecule has 6 heteroatoms. The molecule has 3 nitrogen and oxygen atoms in total. The smallest absolute Gasteiger partial charge is 0.159 e. The molecular formula is C8H8ClN3S2. The third-order valence-electron chi connectivity index (χ3n) is 1.63. The first-order valence-corrected chi connectivity index (χ1v) is 6.40. The van der Waals surface area contributed by atoms with Gasteiger partial charge in [0.15, 0.2) is 5.01 Å². The van der Waals surface area contributed by atoms with E-state index in [-0.39, 0.29) is 0 Å². The van der Waals surface area contributed by atoms with Crippen LogP contribution in [0.5, 0.6) is 0 Å². The highest BCUT2D eigenvalue weighted by molar-refractivity contribution is 7.20. The van der Waals surface area contributed by atoms with Gasteiger partial charge in [-0.3, -0.25) is 4.98 Å². The SMILES string of the molecule is ClCCCc1nnc(-c2cncs2)s1. The fourth-order valence-corrected chi connectivity index (χ4v) is 2.68. The minimum Gasteiger partial charge on any atom is -0.252 e. The molecular weight excluding hydrogens is 238 g/mol. The van der Waals surface area contributed by atoms with E-state index in [0.717, 1.165) is 27.7 Å². The van der Waals surface area contributed by atoms with Crippen LogP contribution in [0, 0.1) is 0 Å². The van der Waals surface area contributed by atoms with Gasteiger partial charge in [-0.2, -0.15) is 0 Å². The van der Waals surface area contributed by atoms with Crippen molar-refractivity contribution in [1.29, 1.82) is 0 Å². The zero-order valence-corrected chi connectivity index (χ0v) is 9.70. The Balaban J connectivity index is 2.10. The summed E-state index contributed by atoms with van der Waals surface area (Å²) < 4.78 is 0. The predicted molar refractivity (Wildman–Crippen MR) is 60.1 cm³/mol. The molecule has 2 aromatic heterocycles. The highest BCUT2D eigenvalue weighted by Crippen LogP contribution is 2.26. The van der Waals surface area contributed by atoms with E-state index in [0.29, 0.717) is 5.88 Å². The molecule has 0 saturated heterocycles. The van der Waals surface area contributed by atoms with E-state index in [1.807, 2.05) is 6.20 Å². The van der Waals surface area contributed by atoms with E-state index in [9.17, 15) is 0 Å². The summed E-state index contributed by atoms with van der Waals surface area (Å²) in [6, 6.07) is 0. The van der Waals surface area contributed by atoms with Crippen molar-refractivity contribution in [2.24, 2.45) is 0 Å². The molecule has 0 fully saturated rings. The molecule has 0 aromatic carbocycles. The van der Waals surface area contributed by atoms with Gasteiger partial charge in [0.25, 0.3) is 0 Å². The molecule has 14 heavy (non-hydrogen) atoms. The van der Waals surface area contributed by atoms with Gasteiger partial charge in [-0.1, -0.05) is 11.3 Å². The Morgan fingerprint density at radius 3 is 3.00 bits per heavy atom. The summed E-state index contributed by atoms with van der Waals surface area (Å²) >= 11 is 8.81. The van der Waals surface area contributed by atoms with Crippen molar-refractivity contribution in [1.82, 2.24) is 15.2 Å². The first-order chi connectivity index (χ1) is 6.90. The maximum Gasteiger partial charge on any atom is 0.159 e.